The molecule has 30 heavy (non-hydrogen) atoms. The summed E-state index contributed by atoms with van der Waals surface area (Å²) in [5.41, 5.74) is 2.24. The average molecular weight is 415 g/mol. The number of hydrogen-bond donors (Lipinski definition) is 2. The largest absolute Gasteiger partial charge is 0.481 e. The Bertz CT molecular complexity index is 711. The van der Waals surface area contributed by atoms with E-state index in [2.05, 4.69) is 26.1 Å². The molecule has 0 unspecified atom stereocenters. The van der Waals surface area contributed by atoms with Gasteiger partial charge in [0, 0.05) is 31.2 Å². The van der Waals surface area contributed by atoms with Crippen LogP contribution in [0.15, 0.2) is 24.3 Å². The Morgan fingerprint density at radius 3 is 2.20 bits per heavy atom. The van der Waals surface area contributed by atoms with Gasteiger partial charge < -0.3 is 15.3 Å². The van der Waals surface area contributed by atoms with Gasteiger partial charge in [0.25, 0.3) is 5.91 Å². The summed E-state index contributed by atoms with van der Waals surface area (Å²) in [5.74, 6) is 0.449. The number of carboxylic acid groups (broad SMARTS) is 1. The van der Waals surface area contributed by atoms with E-state index >= 15 is 0 Å². The summed E-state index contributed by atoms with van der Waals surface area (Å²) in [6, 6.07) is 8.39. The van der Waals surface area contributed by atoms with Crippen LogP contribution in [0.1, 0.15) is 81.6 Å². The number of benzene rings is 1. The van der Waals surface area contributed by atoms with Crippen LogP contribution in [0.5, 0.6) is 0 Å². The van der Waals surface area contributed by atoms with Crippen molar-refractivity contribution >= 4 is 11.9 Å². The number of amides is 1. The number of carboxylic acids is 1. The van der Waals surface area contributed by atoms with Crippen molar-refractivity contribution in [1.29, 1.82) is 0 Å². The number of carbonyl (C=O) groups excluding carboxylic acids is 1. The molecule has 0 saturated heterocycles. The lowest BCUT2D eigenvalue weighted by atomic mass is 9.71. The Labute approximate surface area is 181 Å². The van der Waals surface area contributed by atoms with Gasteiger partial charge in [-0.05, 0) is 73.5 Å². The van der Waals surface area contributed by atoms with Gasteiger partial charge >= 0.3 is 5.97 Å². The normalized spacial score (nSPS) is 22.0. The number of rotatable bonds is 9. The molecule has 166 valence electrons. The van der Waals surface area contributed by atoms with Gasteiger partial charge in [0.1, 0.15) is 0 Å². The van der Waals surface area contributed by atoms with Crippen LogP contribution in [-0.2, 0) is 11.3 Å². The smallest absolute Gasteiger partial charge is 0.305 e. The molecule has 0 aromatic heterocycles. The second-order valence-corrected chi connectivity index (χ2v) is 10.3. The van der Waals surface area contributed by atoms with Crippen molar-refractivity contribution in [3.8, 4) is 0 Å². The Morgan fingerprint density at radius 2 is 1.67 bits per heavy atom. The standard InChI is InChI=1S/C25H38N2O3/c1-25(2,3)21-10-12-22(13-11-21)26-16-18-6-8-20(9-7-18)24(30)27(15-14-23(28)29)17-19-4-5-19/h6-9,19,21-22,26H,4-5,10-17H2,1-3H3,(H,28,29). The Balaban J connectivity index is 1.49. The third-order valence-electron chi connectivity index (χ3n) is 6.81. The van der Waals surface area contributed by atoms with Crippen molar-refractivity contribution in [3.63, 3.8) is 0 Å². The molecule has 5 nitrogen and oxygen atoms in total. The quantitative estimate of drug-likeness (QED) is 0.614. The van der Waals surface area contributed by atoms with Crippen molar-refractivity contribution in [2.24, 2.45) is 17.3 Å². The molecule has 3 rings (SSSR count). The van der Waals surface area contributed by atoms with Gasteiger partial charge in [0.2, 0.25) is 0 Å². The maximum Gasteiger partial charge on any atom is 0.305 e. The van der Waals surface area contributed by atoms with Gasteiger partial charge in [-0.25, -0.2) is 0 Å². The fourth-order valence-electron chi connectivity index (χ4n) is 4.49. The van der Waals surface area contributed by atoms with Crippen molar-refractivity contribution in [1.82, 2.24) is 10.2 Å². The molecule has 2 N–H and O–H groups in total. The maximum absolute atomic E-state index is 12.9. The third-order valence-corrected chi connectivity index (χ3v) is 6.81. The van der Waals surface area contributed by atoms with Crippen LogP contribution >= 0.6 is 0 Å². The SMILES string of the molecule is CC(C)(C)C1CCC(NCc2ccc(C(=O)N(CCC(=O)O)CC3CC3)cc2)CC1. The number of hydrogen-bond acceptors (Lipinski definition) is 3. The lowest BCUT2D eigenvalue weighted by Gasteiger charge is -2.37. The van der Waals surface area contributed by atoms with E-state index < -0.39 is 5.97 Å². The molecule has 2 fully saturated rings. The van der Waals surface area contributed by atoms with E-state index in [9.17, 15) is 9.59 Å². The number of nitrogens with one attached hydrogen (secondary N) is 1. The van der Waals surface area contributed by atoms with Crippen LogP contribution in [0.25, 0.3) is 0 Å². The number of aliphatic carboxylic acids is 1. The molecule has 0 bridgehead atoms. The molecular weight excluding hydrogens is 376 g/mol. The molecule has 2 saturated carbocycles. The highest BCUT2D eigenvalue weighted by Gasteiger charge is 2.30. The second-order valence-electron chi connectivity index (χ2n) is 10.3. The van der Waals surface area contributed by atoms with Gasteiger partial charge in [-0.2, -0.15) is 0 Å². The van der Waals surface area contributed by atoms with E-state index in [1.165, 1.54) is 31.2 Å². The summed E-state index contributed by atoms with van der Waals surface area (Å²) in [5, 5.41) is 12.7. The molecule has 2 aliphatic carbocycles. The topological polar surface area (TPSA) is 69.6 Å². The zero-order valence-corrected chi connectivity index (χ0v) is 18.8. The van der Waals surface area contributed by atoms with E-state index in [1.807, 2.05) is 24.3 Å². The fourth-order valence-corrected chi connectivity index (χ4v) is 4.49. The minimum atomic E-state index is -0.860. The Morgan fingerprint density at radius 1 is 1.03 bits per heavy atom. The summed E-state index contributed by atoms with van der Waals surface area (Å²) in [7, 11) is 0. The minimum Gasteiger partial charge on any atom is -0.481 e. The van der Waals surface area contributed by atoms with Crippen molar-refractivity contribution < 1.29 is 14.7 Å². The van der Waals surface area contributed by atoms with Crippen LogP contribution in [0, 0.1) is 17.3 Å². The molecule has 5 heteroatoms. The number of carbonyl (C=O) groups is 2. The Kier molecular flexibility index (Phi) is 7.56. The summed E-state index contributed by atoms with van der Waals surface area (Å²) >= 11 is 0. The summed E-state index contributed by atoms with van der Waals surface area (Å²) in [6.07, 6.45) is 7.33. The third kappa shape index (κ3) is 6.83. The van der Waals surface area contributed by atoms with Crippen molar-refractivity contribution in [2.45, 2.75) is 78.3 Å². The van der Waals surface area contributed by atoms with Gasteiger partial charge in [-0.1, -0.05) is 32.9 Å². The van der Waals surface area contributed by atoms with Crippen LogP contribution in [-0.4, -0.2) is 41.0 Å². The highest BCUT2D eigenvalue weighted by molar-refractivity contribution is 5.94. The summed E-state index contributed by atoms with van der Waals surface area (Å²) in [4.78, 5) is 25.5. The molecule has 1 aromatic rings. The molecule has 1 amide bonds. The first-order chi connectivity index (χ1) is 14.2. The first-order valence-corrected chi connectivity index (χ1v) is 11.6. The summed E-state index contributed by atoms with van der Waals surface area (Å²) < 4.78 is 0. The molecular formula is C25H38N2O3. The lowest BCUT2D eigenvalue weighted by Crippen LogP contribution is -2.36. The molecule has 0 spiro atoms. The predicted molar refractivity (Wildman–Crippen MR) is 119 cm³/mol. The van der Waals surface area contributed by atoms with Gasteiger partial charge in [0.05, 0.1) is 6.42 Å². The van der Waals surface area contributed by atoms with Crippen molar-refractivity contribution in [2.75, 3.05) is 13.1 Å². The first-order valence-electron chi connectivity index (χ1n) is 11.6. The fraction of sp³-hybridized carbons (Fsp3) is 0.680. The molecule has 0 atom stereocenters. The van der Waals surface area contributed by atoms with Crippen LogP contribution in [0.4, 0.5) is 0 Å². The van der Waals surface area contributed by atoms with E-state index in [-0.39, 0.29) is 18.9 Å². The summed E-state index contributed by atoms with van der Waals surface area (Å²) in [6.45, 7) is 8.83. The zero-order valence-electron chi connectivity index (χ0n) is 18.8. The van der Waals surface area contributed by atoms with Gasteiger partial charge in [0.15, 0.2) is 0 Å². The minimum absolute atomic E-state index is 0.00206. The molecule has 1 aromatic carbocycles. The highest BCUT2D eigenvalue weighted by Crippen LogP contribution is 2.37. The maximum atomic E-state index is 12.9. The monoisotopic (exact) mass is 414 g/mol. The van der Waals surface area contributed by atoms with E-state index in [0.29, 0.717) is 29.5 Å². The Hall–Kier alpha value is -1.88. The molecule has 2 aliphatic rings. The average Bonchev–Trinajstić information content (AvgIpc) is 3.53. The molecule has 0 radical (unpaired) electrons. The molecule has 0 heterocycles. The van der Waals surface area contributed by atoms with Crippen molar-refractivity contribution in [3.05, 3.63) is 35.4 Å². The van der Waals surface area contributed by atoms with E-state index in [1.54, 1.807) is 4.90 Å². The van der Waals surface area contributed by atoms with E-state index in [0.717, 1.165) is 25.3 Å². The van der Waals surface area contributed by atoms with Crippen LogP contribution < -0.4 is 5.32 Å². The van der Waals surface area contributed by atoms with Crippen LogP contribution in [0.3, 0.4) is 0 Å². The van der Waals surface area contributed by atoms with Gasteiger partial charge in [-0.3, -0.25) is 9.59 Å². The number of nitrogens with zero attached hydrogens (tertiary/aromatic N) is 1. The lowest BCUT2D eigenvalue weighted by molar-refractivity contribution is -0.137. The van der Waals surface area contributed by atoms with Crippen LogP contribution in [0.2, 0.25) is 0 Å². The van der Waals surface area contributed by atoms with E-state index in [4.69, 9.17) is 5.11 Å². The zero-order chi connectivity index (χ0) is 21.7. The van der Waals surface area contributed by atoms with Gasteiger partial charge in [-0.15, -0.1) is 0 Å². The predicted octanol–water partition coefficient (Wildman–Crippen LogP) is 4.71. The highest BCUT2D eigenvalue weighted by atomic mass is 16.4. The first kappa shape index (κ1) is 22.8. The second kappa shape index (κ2) is 9.95. The molecule has 0 aliphatic heterocycles.